The van der Waals surface area contributed by atoms with Gasteiger partial charge in [0, 0.05) is 19.0 Å². The second kappa shape index (κ2) is 4.93. The zero-order valence-electron chi connectivity index (χ0n) is 9.67. The molecule has 7 heteroatoms. The number of hydrogen-bond acceptors (Lipinski definition) is 2. The van der Waals surface area contributed by atoms with Crippen LogP contribution in [-0.2, 0) is 9.59 Å². The fourth-order valence-corrected chi connectivity index (χ4v) is 1.72. The first kappa shape index (κ1) is 13.8. The van der Waals surface area contributed by atoms with Crippen molar-refractivity contribution in [1.29, 1.82) is 0 Å². The Morgan fingerprint density at radius 3 is 2.59 bits per heavy atom. The minimum atomic E-state index is -4.42. The molecule has 17 heavy (non-hydrogen) atoms. The van der Waals surface area contributed by atoms with Crippen molar-refractivity contribution in [2.24, 2.45) is 5.92 Å². The van der Waals surface area contributed by atoms with E-state index in [0.717, 1.165) is 0 Å². The van der Waals surface area contributed by atoms with Gasteiger partial charge in [-0.2, -0.15) is 13.2 Å². The molecule has 0 spiro atoms. The molecule has 1 atom stereocenters. The SMILES string of the molecule is CC(C)NC(=O)C1CC(=O)N(CC(F)(F)F)C1. The van der Waals surface area contributed by atoms with Crippen LogP contribution in [0, 0.1) is 5.92 Å². The van der Waals surface area contributed by atoms with E-state index in [1.54, 1.807) is 13.8 Å². The molecule has 1 fully saturated rings. The van der Waals surface area contributed by atoms with Crippen LogP contribution in [0.1, 0.15) is 20.3 Å². The van der Waals surface area contributed by atoms with Crippen LogP contribution in [0.25, 0.3) is 0 Å². The van der Waals surface area contributed by atoms with Crippen molar-refractivity contribution in [2.45, 2.75) is 32.5 Å². The van der Waals surface area contributed by atoms with E-state index in [1.807, 2.05) is 0 Å². The molecular weight excluding hydrogens is 237 g/mol. The second-order valence-corrected chi connectivity index (χ2v) is 4.45. The Balaban J connectivity index is 2.55. The van der Waals surface area contributed by atoms with Gasteiger partial charge in [0.25, 0.3) is 0 Å². The number of amides is 2. The molecule has 1 rings (SSSR count). The molecular formula is C10H15F3N2O2. The molecule has 1 aliphatic heterocycles. The van der Waals surface area contributed by atoms with E-state index in [9.17, 15) is 22.8 Å². The highest BCUT2D eigenvalue weighted by molar-refractivity contribution is 5.89. The van der Waals surface area contributed by atoms with E-state index >= 15 is 0 Å². The molecule has 1 saturated heterocycles. The van der Waals surface area contributed by atoms with Crippen LogP contribution < -0.4 is 5.32 Å². The molecule has 98 valence electrons. The molecule has 2 amide bonds. The van der Waals surface area contributed by atoms with Crippen molar-refractivity contribution < 1.29 is 22.8 Å². The van der Waals surface area contributed by atoms with Gasteiger partial charge in [-0.1, -0.05) is 0 Å². The van der Waals surface area contributed by atoms with Gasteiger partial charge < -0.3 is 10.2 Å². The van der Waals surface area contributed by atoms with Gasteiger partial charge in [0.1, 0.15) is 6.54 Å². The molecule has 0 bridgehead atoms. The van der Waals surface area contributed by atoms with E-state index in [1.165, 1.54) is 0 Å². The number of alkyl halides is 3. The van der Waals surface area contributed by atoms with Gasteiger partial charge in [-0.25, -0.2) is 0 Å². The number of hydrogen-bond donors (Lipinski definition) is 1. The van der Waals surface area contributed by atoms with Gasteiger partial charge >= 0.3 is 6.18 Å². The van der Waals surface area contributed by atoms with Gasteiger partial charge in [0.15, 0.2) is 0 Å². The van der Waals surface area contributed by atoms with E-state index in [0.29, 0.717) is 4.90 Å². The number of likely N-dealkylation sites (tertiary alicyclic amines) is 1. The van der Waals surface area contributed by atoms with E-state index in [2.05, 4.69) is 5.32 Å². The van der Waals surface area contributed by atoms with Gasteiger partial charge in [-0.05, 0) is 13.8 Å². The van der Waals surface area contributed by atoms with E-state index < -0.39 is 24.5 Å². The molecule has 1 aliphatic rings. The lowest BCUT2D eigenvalue weighted by atomic mass is 10.1. The molecule has 0 saturated carbocycles. The largest absolute Gasteiger partial charge is 0.406 e. The average Bonchev–Trinajstić information content (AvgIpc) is 2.44. The fraction of sp³-hybridized carbons (Fsp3) is 0.800. The predicted molar refractivity (Wildman–Crippen MR) is 54.0 cm³/mol. The van der Waals surface area contributed by atoms with E-state index in [-0.39, 0.29) is 24.9 Å². The maximum absolute atomic E-state index is 12.1. The molecule has 1 unspecified atom stereocenters. The third kappa shape index (κ3) is 4.24. The minimum Gasteiger partial charge on any atom is -0.354 e. The quantitative estimate of drug-likeness (QED) is 0.812. The standard InChI is InChI=1S/C10H15F3N2O2/c1-6(2)14-9(17)7-3-8(16)15(4-7)5-10(11,12)13/h6-7H,3-5H2,1-2H3,(H,14,17). The Morgan fingerprint density at radius 1 is 1.53 bits per heavy atom. The third-order valence-corrected chi connectivity index (χ3v) is 2.39. The van der Waals surface area contributed by atoms with Crippen LogP contribution in [-0.4, -0.2) is 42.0 Å². The third-order valence-electron chi connectivity index (χ3n) is 2.39. The Kier molecular flexibility index (Phi) is 4.00. The normalized spacial score (nSPS) is 21.2. The summed E-state index contributed by atoms with van der Waals surface area (Å²) in [5.41, 5.74) is 0. The Morgan fingerprint density at radius 2 is 2.12 bits per heavy atom. The van der Waals surface area contributed by atoms with Crippen molar-refractivity contribution in [1.82, 2.24) is 10.2 Å². The Hall–Kier alpha value is -1.27. The summed E-state index contributed by atoms with van der Waals surface area (Å²) in [7, 11) is 0. The van der Waals surface area contributed by atoms with Crippen LogP contribution in [0.15, 0.2) is 0 Å². The van der Waals surface area contributed by atoms with Crippen LogP contribution in [0.4, 0.5) is 13.2 Å². The molecule has 4 nitrogen and oxygen atoms in total. The molecule has 0 radical (unpaired) electrons. The highest BCUT2D eigenvalue weighted by Crippen LogP contribution is 2.23. The smallest absolute Gasteiger partial charge is 0.354 e. The number of carbonyl (C=O) groups is 2. The van der Waals surface area contributed by atoms with E-state index in [4.69, 9.17) is 0 Å². The highest BCUT2D eigenvalue weighted by atomic mass is 19.4. The molecule has 0 aromatic heterocycles. The Labute approximate surface area is 97.1 Å². The maximum atomic E-state index is 12.1. The van der Waals surface area contributed by atoms with Gasteiger partial charge in [0.2, 0.25) is 11.8 Å². The van der Waals surface area contributed by atoms with Gasteiger partial charge in [0.05, 0.1) is 5.92 Å². The molecule has 0 aromatic rings. The summed E-state index contributed by atoms with van der Waals surface area (Å²) >= 11 is 0. The van der Waals surface area contributed by atoms with Crippen molar-refractivity contribution in [2.75, 3.05) is 13.1 Å². The Bertz CT molecular complexity index is 315. The average molecular weight is 252 g/mol. The summed E-state index contributed by atoms with van der Waals surface area (Å²) in [6.45, 7) is 2.07. The van der Waals surface area contributed by atoms with Crippen molar-refractivity contribution in [3.05, 3.63) is 0 Å². The number of rotatable bonds is 3. The van der Waals surface area contributed by atoms with Gasteiger partial charge in [-0.3, -0.25) is 9.59 Å². The molecule has 0 aliphatic carbocycles. The molecule has 0 aromatic carbocycles. The summed E-state index contributed by atoms with van der Waals surface area (Å²) in [5, 5.41) is 2.59. The first-order chi connectivity index (χ1) is 7.69. The molecule has 1 N–H and O–H groups in total. The lowest BCUT2D eigenvalue weighted by molar-refractivity contribution is -0.157. The monoisotopic (exact) mass is 252 g/mol. The maximum Gasteiger partial charge on any atom is 0.406 e. The predicted octanol–water partition coefficient (Wildman–Crippen LogP) is 0.922. The molecule has 1 heterocycles. The van der Waals surface area contributed by atoms with Crippen molar-refractivity contribution in [3.8, 4) is 0 Å². The summed E-state index contributed by atoms with van der Waals surface area (Å²) in [4.78, 5) is 23.5. The summed E-state index contributed by atoms with van der Waals surface area (Å²) in [5.74, 6) is -1.66. The van der Waals surface area contributed by atoms with Crippen LogP contribution in [0.3, 0.4) is 0 Å². The summed E-state index contributed by atoms with van der Waals surface area (Å²) < 4.78 is 36.4. The number of carbonyl (C=O) groups excluding carboxylic acids is 2. The zero-order valence-corrected chi connectivity index (χ0v) is 9.67. The second-order valence-electron chi connectivity index (χ2n) is 4.45. The lowest BCUT2D eigenvalue weighted by Gasteiger charge is -2.18. The number of halogens is 3. The van der Waals surface area contributed by atoms with Crippen LogP contribution in [0.2, 0.25) is 0 Å². The number of nitrogens with one attached hydrogen (secondary N) is 1. The van der Waals surface area contributed by atoms with Crippen molar-refractivity contribution >= 4 is 11.8 Å². The highest BCUT2D eigenvalue weighted by Gasteiger charge is 2.40. The minimum absolute atomic E-state index is 0.0886. The topological polar surface area (TPSA) is 49.4 Å². The van der Waals surface area contributed by atoms with Crippen LogP contribution in [0.5, 0.6) is 0 Å². The summed E-state index contributed by atoms with van der Waals surface area (Å²) in [6, 6.07) is -0.0886. The lowest BCUT2D eigenvalue weighted by Crippen LogP contribution is -2.38. The first-order valence-electron chi connectivity index (χ1n) is 5.34. The van der Waals surface area contributed by atoms with Gasteiger partial charge in [-0.15, -0.1) is 0 Å². The van der Waals surface area contributed by atoms with Crippen molar-refractivity contribution in [3.63, 3.8) is 0 Å². The number of nitrogens with zero attached hydrogens (tertiary/aromatic N) is 1. The summed E-state index contributed by atoms with van der Waals surface area (Å²) in [6.07, 6.45) is -4.56. The zero-order chi connectivity index (χ0) is 13.2. The first-order valence-corrected chi connectivity index (χ1v) is 5.34. The fourth-order valence-electron chi connectivity index (χ4n) is 1.72. The van der Waals surface area contributed by atoms with Crippen LogP contribution >= 0.6 is 0 Å².